The molecule has 7 heteroatoms. The van der Waals surface area contributed by atoms with E-state index in [0.29, 0.717) is 32.0 Å². The molecule has 1 saturated carbocycles. The minimum Gasteiger partial charge on any atom is -0.352 e. The van der Waals surface area contributed by atoms with Crippen molar-refractivity contribution in [2.75, 3.05) is 26.2 Å². The van der Waals surface area contributed by atoms with Gasteiger partial charge < -0.3 is 5.32 Å². The molecule has 4 rings (SSSR count). The monoisotopic (exact) mass is 459 g/mol. The highest BCUT2D eigenvalue weighted by Crippen LogP contribution is 2.26. The van der Waals surface area contributed by atoms with E-state index >= 15 is 0 Å². The van der Waals surface area contributed by atoms with Crippen molar-refractivity contribution in [3.63, 3.8) is 0 Å². The van der Waals surface area contributed by atoms with Crippen molar-refractivity contribution in [2.45, 2.75) is 69.9 Å². The SMILES string of the molecule is O=C(NC1CCN(C2CCCCCC2)C1)C1CCN(S(=O)(=O)/C=C/c2ccccc2)CC1. The first-order valence-corrected chi connectivity index (χ1v) is 13.8. The molecular weight excluding hydrogens is 422 g/mol. The number of sulfonamides is 1. The lowest BCUT2D eigenvalue weighted by Crippen LogP contribution is -2.46. The Labute approximate surface area is 193 Å². The number of amides is 1. The Hall–Kier alpha value is -1.70. The van der Waals surface area contributed by atoms with E-state index in [2.05, 4.69) is 10.2 Å². The highest BCUT2D eigenvalue weighted by atomic mass is 32.2. The van der Waals surface area contributed by atoms with Gasteiger partial charge in [-0.25, -0.2) is 8.42 Å². The predicted octanol–water partition coefficient (Wildman–Crippen LogP) is 3.61. The molecule has 2 saturated heterocycles. The molecule has 1 unspecified atom stereocenters. The van der Waals surface area contributed by atoms with Crippen LogP contribution in [0.1, 0.15) is 63.4 Å². The molecule has 2 aliphatic heterocycles. The van der Waals surface area contributed by atoms with Gasteiger partial charge in [-0.2, -0.15) is 4.31 Å². The molecule has 32 heavy (non-hydrogen) atoms. The summed E-state index contributed by atoms with van der Waals surface area (Å²) in [6, 6.07) is 10.4. The molecule has 1 amide bonds. The van der Waals surface area contributed by atoms with Gasteiger partial charge in [0, 0.05) is 49.6 Å². The summed E-state index contributed by atoms with van der Waals surface area (Å²) in [5.74, 6) is 0.0149. The van der Waals surface area contributed by atoms with Crippen molar-refractivity contribution in [3.8, 4) is 0 Å². The first-order chi connectivity index (χ1) is 15.5. The van der Waals surface area contributed by atoms with Crippen LogP contribution < -0.4 is 5.32 Å². The van der Waals surface area contributed by atoms with E-state index < -0.39 is 10.0 Å². The molecule has 1 aliphatic carbocycles. The molecule has 1 aromatic rings. The van der Waals surface area contributed by atoms with E-state index in [1.165, 1.54) is 48.2 Å². The Morgan fingerprint density at radius 3 is 2.28 bits per heavy atom. The molecule has 0 aromatic heterocycles. The summed E-state index contributed by atoms with van der Waals surface area (Å²) in [7, 11) is -3.46. The summed E-state index contributed by atoms with van der Waals surface area (Å²) in [6.07, 6.45) is 11.8. The van der Waals surface area contributed by atoms with Gasteiger partial charge in [-0.15, -0.1) is 0 Å². The van der Waals surface area contributed by atoms with Gasteiger partial charge in [0.2, 0.25) is 15.9 Å². The second kappa shape index (κ2) is 10.9. The summed E-state index contributed by atoms with van der Waals surface area (Å²) in [5.41, 5.74) is 0.861. The van der Waals surface area contributed by atoms with Crippen LogP contribution in [-0.2, 0) is 14.8 Å². The lowest BCUT2D eigenvalue weighted by atomic mass is 9.97. The van der Waals surface area contributed by atoms with Crippen molar-refractivity contribution < 1.29 is 13.2 Å². The van der Waals surface area contributed by atoms with Gasteiger partial charge in [-0.3, -0.25) is 9.69 Å². The maximum atomic E-state index is 12.8. The molecule has 2 heterocycles. The second-order valence-corrected chi connectivity index (χ2v) is 11.4. The van der Waals surface area contributed by atoms with Crippen LogP contribution in [0.15, 0.2) is 35.7 Å². The quantitative estimate of drug-likeness (QED) is 0.660. The van der Waals surface area contributed by atoms with Crippen LogP contribution >= 0.6 is 0 Å². The normalized spacial score (nSPS) is 25.2. The summed E-state index contributed by atoms with van der Waals surface area (Å²) in [4.78, 5) is 15.4. The third kappa shape index (κ3) is 6.21. The Morgan fingerprint density at radius 2 is 1.59 bits per heavy atom. The van der Waals surface area contributed by atoms with Crippen molar-refractivity contribution >= 4 is 22.0 Å². The molecule has 0 bridgehead atoms. The third-order valence-electron chi connectivity index (χ3n) is 7.32. The zero-order valence-electron chi connectivity index (χ0n) is 19.0. The smallest absolute Gasteiger partial charge is 0.236 e. The van der Waals surface area contributed by atoms with Crippen LogP contribution in [0.25, 0.3) is 6.08 Å². The molecule has 3 aliphatic rings. The van der Waals surface area contributed by atoms with Crippen LogP contribution in [0.3, 0.4) is 0 Å². The number of benzene rings is 1. The van der Waals surface area contributed by atoms with Gasteiger partial charge in [0.15, 0.2) is 0 Å². The van der Waals surface area contributed by atoms with E-state index in [0.717, 1.165) is 25.1 Å². The number of piperidine rings is 1. The van der Waals surface area contributed by atoms with Crippen LogP contribution in [0.5, 0.6) is 0 Å². The number of hydrogen-bond donors (Lipinski definition) is 1. The number of nitrogens with zero attached hydrogens (tertiary/aromatic N) is 2. The number of carbonyl (C=O) groups is 1. The molecule has 1 N–H and O–H groups in total. The summed E-state index contributed by atoms with van der Waals surface area (Å²) >= 11 is 0. The Kier molecular flexibility index (Phi) is 8.02. The second-order valence-electron chi connectivity index (χ2n) is 9.57. The van der Waals surface area contributed by atoms with Crippen molar-refractivity contribution in [1.82, 2.24) is 14.5 Å². The average molecular weight is 460 g/mol. The maximum absolute atomic E-state index is 12.8. The van der Waals surface area contributed by atoms with Crippen molar-refractivity contribution in [1.29, 1.82) is 0 Å². The van der Waals surface area contributed by atoms with Crippen molar-refractivity contribution in [3.05, 3.63) is 41.3 Å². The summed E-state index contributed by atoms with van der Waals surface area (Å²) in [5, 5.41) is 4.55. The van der Waals surface area contributed by atoms with Gasteiger partial charge in [0.05, 0.1) is 0 Å². The zero-order chi connectivity index (χ0) is 22.4. The number of carbonyl (C=O) groups excluding carboxylic acids is 1. The van der Waals surface area contributed by atoms with Crippen molar-refractivity contribution in [2.24, 2.45) is 5.92 Å². The molecule has 1 aromatic carbocycles. The minimum absolute atomic E-state index is 0.0912. The number of hydrogen-bond acceptors (Lipinski definition) is 4. The molecule has 3 fully saturated rings. The topological polar surface area (TPSA) is 69.7 Å². The van der Waals surface area contributed by atoms with E-state index in [4.69, 9.17) is 0 Å². The Balaban J connectivity index is 1.23. The van der Waals surface area contributed by atoms with E-state index in [9.17, 15) is 13.2 Å². The van der Waals surface area contributed by atoms with Gasteiger partial charge in [0.25, 0.3) is 0 Å². The van der Waals surface area contributed by atoms with E-state index in [1.807, 2.05) is 30.3 Å². The van der Waals surface area contributed by atoms with E-state index in [1.54, 1.807) is 6.08 Å². The maximum Gasteiger partial charge on any atom is 0.236 e. The van der Waals surface area contributed by atoms with Gasteiger partial charge in [-0.05, 0) is 43.7 Å². The van der Waals surface area contributed by atoms with Gasteiger partial charge >= 0.3 is 0 Å². The van der Waals surface area contributed by atoms with Crippen LogP contribution in [0.2, 0.25) is 0 Å². The number of rotatable bonds is 6. The van der Waals surface area contributed by atoms with Gasteiger partial charge in [0.1, 0.15) is 0 Å². The van der Waals surface area contributed by atoms with Crippen LogP contribution in [-0.4, -0.2) is 61.8 Å². The van der Waals surface area contributed by atoms with Crippen LogP contribution in [0.4, 0.5) is 0 Å². The fourth-order valence-electron chi connectivity index (χ4n) is 5.37. The van der Waals surface area contributed by atoms with E-state index in [-0.39, 0.29) is 17.9 Å². The summed E-state index contributed by atoms with van der Waals surface area (Å²) in [6.45, 7) is 2.85. The third-order valence-corrected chi connectivity index (χ3v) is 8.89. The van der Waals surface area contributed by atoms with Gasteiger partial charge in [-0.1, -0.05) is 56.0 Å². The summed E-state index contributed by atoms with van der Waals surface area (Å²) < 4.78 is 26.8. The fourth-order valence-corrected chi connectivity index (χ4v) is 6.59. The standard InChI is InChI=1S/C25H37N3O3S/c29-25(26-23-14-16-27(20-23)24-10-6-1-2-7-11-24)22-12-17-28(18-13-22)32(30,31)19-15-21-8-4-3-5-9-21/h3-5,8-9,15,19,22-24H,1-2,6-7,10-14,16-18,20H2,(H,26,29)/b19-15+. The molecule has 1 atom stereocenters. The highest BCUT2D eigenvalue weighted by Gasteiger charge is 2.33. The first kappa shape index (κ1) is 23.5. The average Bonchev–Trinajstić information content (AvgIpc) is 3.10. The predicted molar refractivity (Wildman–Crippen MR) is 128 cm³/mol. The Morgan fingerprint density at radius 1 is 0.906 bits per heavy atom. The molecule has 0 spiro atoms. The number of likely N-dealkylation sites (tertiary alicyclic amines) is 1. The van der Waals surface area contributed by atoms with Crippen LogP contribution in [0, 0.1) is 5.92 Å². The largest absolute Gasteiger partial charge is 0.352 e. The highest BCUT2D eigenvalue weighted by molar-refractivity contribution is 7.92. The first-order valence-electron chi connectivity index (χ1n) is 12.3. The zero-order valence-corrected chi connectivity index (χ0v) is 19.8. The lowest BCUT2D eigenvalue weighted by Gasteiger charge is -2.30. The molecule has 6 nitrogen and oxygen atoms in total. The lowest BCUT2D eigenvalue weighted by molar-refractivity contribution is -0.126. The molecular formula is C25H37N3O3S. The number of nitrogens with one attached hydrogen (secondary N) is 1. The molecule has 0 radical (unpaired) electrons. The molecule has 176 valence electrons. The fraction of sp³-hybridized carbons (Fsp3) is 0.640. The minimum atomic E-state index is -3.46. The Bertz CT molecular complexity index is 871.